The van der Waals surface area contributed by atoms with Crippen LogP contribution in [-0.4, -0.2) is 31.3 Å². The van der Waals surface area contributed by atoms with Crippen molar-refractivity contribution in [3.63, 3.8) is 0 Å². The van der Waals surface area contributed by atoms with E-state index >= 15 is 0 Å². The number of alkyl halides is 1. The van der Waals surface area contributed by atoms with Crippen molar-refractivity contribution in [3.8, 4) is 0 Å². The van der Waals surface area contributed by atoms with E-state index in [9.17, 15) is 14.0 Å². The lowest BCUT2D eigenvalue weighted by Crippen LogP contribution is -2.31. The van der Waals surface area contributed by atoms with Gasteiger partial charge >= 0.3 is 11.9 Å². The Morgan fingerprint density at radius 2 is 2.00 bits per heavy atom. The summed E-state index contributed by atoms with van der Waals surface area (Å²) in [6.07, 6.45) is -0.161. The Hall–Kier alpha value is -1.13. The van der Waals surface area contributed by atoms with Crippen molar-refractivity contribution in [1.29, 1.82) is 0 Å². The normalized spacial score (nSPS) is 34.9. The predicted octanol–water partition coefficient (Wildman–Crippen LogP) is 0.841. The Morgan fingerprint density at radius 3 is 2.43 bits per heavy atom. The van der Waals surface area contributed by atoms with Crippen LogP contribution in [0.1, 0.15) is 20.3 Å². The van der Waals surface area contributed by atoms with Gasteiger partial charge in [-0.1, -0.05) is 0 Å². The second kappa shape index (κ2) is 3.22. The van der Waals surface area contributed by atoms with Gasteiger partial charge in [-0.25, -0.2) is 9.18 Å². The zero-order chi connectivity index (χ0) is 11.0. The second-order valence-corrected chi connectivity index (χ2v) is 3.52. The molecule has 1 saturated carbocycles. The molecule has 14 heavy (non-hydrogen) atoms. The first-order chi connectivity index (χ1) is 6.42. The number of carbonyl (C=O) groups excluding carboxylic acids is 2. The third kappa shape index (κ3) is 1.27. The first kappa shape index (κ1) is 10.9. The molecule has 1 aliphatic rings. The number of halogens is 1. The van der Waals surface area contributed by atoms with Gasteiger partial charge in [0.1, 0.15) is 5.41 Å². The van der Waals surface area contributed by atoms with Gasteiger partial charge in [-0.3, -0.25) is 4.79 Å². The van der Waals surface area contributed by atoms with E-state index in [1.54, 1.807) is 6.92 Å². The Kier molecular flexibility index (Phi) is 2.52. The summed E-state index contributed by atoms with van der Waals surface area (Å²) in [7, 11) is 1.16. The molecule has 5 heteroatoms. The second-order valence-electron chi connectivity index (χ2n) is 3.52. The maximum atomic E-state index is 13.8. The Bertz CT molecular complexity index is 278. The molecule has 0 N–H and O–H groups in total. The van der Waals surface area contributed by atoms with Gasteiger partial charge in [-0.05, 0) is 13.8 Å². The summed E-state index contributed by atoms with van der Waals surface area (Å²) in [4.78, 5) is 22.3. The molecule has 80 valence electrons. The average Bonchev–Trinajstić information content (AvgIpc) is 2.72. The topological polar surface area (TPSA) is 52.6 Å². The summed E-state index contributed by atoms with van der Waals surface area (Å²) in [6, 6.07) is 0. The van der Waals surface area contributed by atoms with Gasteiger partial charge in [0.15, 0.2) is 0 Å². The van der Waals surface area contributed by atoms with E-state index in [4.69, 9.17) is 0 Å². The van der Waals surface area contributed by atoms with Gasteiger partial charge in [-0.15, -0.1) is 0 Å². The molecule has 0 aliphatic heterocycles. The number of esters is 2. The number of rotatable bonds is 3. The van der Waals surface area contributed by atoms with Crippen LogP contribution >= 0.6 is 0 Å². The van der Waals surface area contributed by atoms with Crippen LogP contribution in [0.3, 0.4) is 0 Å². The van der Waals surface area contributed by atoms with Crippen LogP contribution in [0.4, 0.5) is 4.39 Å². The van der Waals surface area contributed by atoms with Crippen molar-refractivity contribution >= 4 is 11.9 Å². The third-order valence-electron chi connectivity index (χ3n) is 2.58. The lowest BCUT2D eigenvalue weighted by Gasteiger charge is -2.11. The van der Waals surface area contributed by atoms with Crippen LogP contribution in [0.5, 0.6) is 0 Å². The van der Waals surface area contributed by atoms with Crippen LogP contribution in [0.15, 0.2) is 0 Å². The average molecular weight is 204 g/mol. The highest BCUT2D eigenvalue weighted by atomic mass is 19.1. The molecule has 0 amide bonds. The molecule has 1 aliphatic carbocycles. The highest BCUT2D eigenvalue weighted by Gasteiger charge is 2.77. The van der Waals surface area contributed by atoms with Crippen LogP contribution in [0, 0.1) is 5.41 Å². The molecule has 2 unspecified atom stereocenters. The molecule has 2 atom stereocenters. The minimum atomic E-state index is -2.20. The fourth-order valence-electron chi connectivity index (χ4n) is 1.45. The molecule has 0 aromatic heterocycles. The summed E-state index contributed by atoms with van der Waals surface area (Å²) in [5, 5.41) is 0. The standard InChI is InChI=1S/C9H13FO4/c1-4-14-7(12)9(10)5-8(9,2)6(11)13-3/h4-5H2,1-3H3. The number of hydrogen-bond acceptors (Lipinski definition) is 4. The number of hydrogen-bond donors (Lipinski definition) is 0. The summed E-state index contributed by atoms with van der Waals surface area (Å²) in [5.74, 6) is -1.69. The largest absolute Gasteiger partial charge is 0.468 e. The van der Waals surface area contributed by atoms with Crippen LogP contribution in [-0.2, 0) is 19.1 Å². The molecular weight excluding hydrogens is 191 g/mol. The quantitative estimate of drug-likeness (QED) is 0.639. The molecule has 0 bridgehead atoms. The molecule has 0 radical (unpaired) electrons. The van der Waals surface area contributed by atoms with Gasteiger partial charge in [0.05, 0.1) is 13.7 Å². The molecule has 0 spiro atoms. The van der Waals surface area contributed by atoms with E-state index in [0.717, 1.165) is 7.11 Å². The van der Waals surface area contributed by atoms with E-state index < -0.39 is 23.0 Å². The minimum Gasteiger partial charge on any atom is -0.468 e. The first-order valence-electron chi connectivity index (χ1n) is 4.37. The summed E-state index contributed by atoms with van der Waals surface area (Å²) in [6.45, 7) is 3.04. The summed E-state index contributed by atoms with van der Waals surface area (Å²) in [5.41, 5.74) is -3.57. The third-order valence-corrected chi connectivity index (χ3v) is 2.58. The highest BCUT2D eigenvalue weighted by molar-refractivity contribution is 5.96. The van der Waals surface area contributed by atoms with E-state index in [1.807, 2.05) is 0 Å². The van der Waals surface area contributed by atoms with E-state index in [0.29, 0.717) is 0 Å². The van der Waals surface area contributed by atoms with Crippen molar-refractivity contribution in [2.24, 2.45) is 5.41 Å². The zero-order valence-electron chi connectivity index (χ0n) is 8.43. The predicted molar refractivity (Wildman–Crippen MR) is 45.2 cm³/mol. The lowest BCUT2D eigenvalue weighted by molar-refractivity contribution is -0.159. The molecular formula is C9H13FO4. The van der Waals surface area contributed by atoms with Crippen molar-refractivity contribution in [3.05, 3.63) is 0 Å². The van der Waals surface area contributed by atoms with Gasteiger partial charge < -0.3 is 9.47 Å². The van der Waals surface area contributed by atoms with E-state index in [-0.39, 0.29) is 13.0 Å². The molecule has 0 heterocycles. The first-order valence-corrected chi connectivity index (χ1v) is 4.37. The van der Waals surface area contributed by atoms with Gasteiger partial charge in [-0.2, -0.15) is 0 Å². The monoisotopic (exact) mass is 204 g/mol. The number of methoxy groups -OCH3 is 1. The van der Waals surface area contributed by atoms with Crippen LogP contribution in [0.25, 0.3) is 0 Å². The Balaban J connectivity index is 2.74. The fraction of sp³-hybridized carbons (Fsp3) is 0.778. The number of carbonyl (C=O) groups is 2. The van der Waals surface area contributed by atoms with Crippen molar-refractivity contribution in [1.82, 2.24) is 0 Å². The molecule has 0 aromatic rings. The Labute approximate surface area is 81.4 Å². The van der Waals surface area contributed by atoms with E-state index in [1.165, 1.54) is 6.92 Å². The van der Waals surface area contributed by atoms with Crippen LogP contribution in [0.2, 0.25) is 0 Å². The lowest BCUT2D eigenvalue weighted by atomic mass is 10.1. The minimum absolute atomic E-state index is 0.0990. The van der Waals surface area contributed by atoms with Crippen molar-refractivity contribution in [2.75, 3.05) is 13.7 Å². The summed E-state index contributed by atoms with van der Waals surface area (Å²) < 4.78 is 22.7. The smallest absolute Gasteiger partial charge is 0.345 e. The molecule has 0 aromatic carbocycles. The summed E-state index contributed by atoms with van der Waals surface area (Å²) >= 11 is 0. The van der Waals surface area contributed by atoms with Crippen molar-refractivity contribution < 1.29 is 23.5 Å². The fourth-order valence-corrected chi connectivity index (χ4v) is 1.45. The zero-order valence-corrected chi connectivity index (χ0v) is 8.43. The maximum Gasteiger partial charge on any atom is 0.345 e. The SMILES string of the molecule is CCOC(=O)C1(F)CC1(C)C(=O)OC. The molecule has 0 saturated heterocycles. The molecule has 4 nitrogen and oxygen atoms in total. The maximum absolute atomic E-state index is 13.8. The van der Waals surface area contributed by atoms with Gasteiger partial charge in [0, 0.05) is 6.42 Å². The van der Waals surface area contributed by atoms with Crippen LogP contribution < -0.4 is 0 Å². The van der Waals surface area contributed by atoms with Gasteiger partial charge in [0.25, 0.3) is 0 Å². The Morgan fingerprint density at radius 1 is 1.43 bits per heavy atom. The van der Waals surface area contributed by atoms with Gasteiger partial charge in [0.2, 0.25) is 5.67 Å². The van der Waals surface area contributed by atoms with E-state index in [2.05, 4.69) is 9.47 Å². The molecule has 1 fully saturated rings. The van der Waals surface area contributed by atoms with Crippen molar-refractivity contribution in [2.45, 2.75) is 25.9 Å². The number of ether oxygens (including phenoxy) is 2. The highest BCUT2D eigenvalue weighted by Crippen LogP contribution is 2.60. The molecule has 1 rings (SSSR count).